The third-order valence-electron chi connectivity index (χ3n) is 9.78. The van der Waals surface area contributed by atoms with Crippen LogP contribution >= 0.6 is 0 Å². The molecule has 250 valence electrons. The molecule has 0 radical (unpaired) electrons. The third-order valence-corrected chi connectivity index (χ3v) is 9.78. The Balaban J connectivity index is 1.05. The van der Waals surface area contributed by atoms with E-state index in [1.807, 2.05) is 42.5 Å². The fraction of sp³-hybridized carbons (Fsp3) is 0. The summed E-state index contributed by atoms with van der Waals surface area (Å²) in [6, 6.07) is 66.9. The highest BCUT2D eigenvalue weighted by molar-refractivity contribution is 6.09. The molecule has 0 amide bonds. The second kappa shape index (κ2) is 12.8. The Morgan fingerprint density at radius 3 is 2.04 bits per heavy atom. The molecule has 0 unspecified atom stereocenters. The Kier molecular flexibility index (Phi) is 7.40. The number of fused-ring (bicyclic) bond motifs is 4. The van der Waals surface area contributed by atoms with E-state index in [1.54, 1.807) is 0 Å². The van der Waals surface area contributed by atoms with Crippen LogP contribution in [0.25, 0.3) is 72.4 Å². The highest BCUT2D eigenvalue weighted by Crippen LogP contribution is 2.36. The maximum atomic E-state index is 6.64. The SMILES string of the molecule is [c-]1n(-c2cccc(Oc3ccc4c5ccccc5n(-c5cccc(-c6ccccc6)n5)c4c3)c2)c2ccccc2[n+]1-c1ccccc1-c1ccccc1. The Morgan fingerprint density at radius 1 is 0.491 bits per heavy atom. The molecule has 0 saturated heterocycles. The number of pyridine rings is 1. The summed E-state index contributed by atoms with van der Waals surface area (Å²) in [5, 5.41) is 2.31. The van der Waals surface area contributed by atoms with E-state index < -0.39 is 0 Å². The van der Waals surface area contributed by atoms with Crippen LogP contribution in [0.5, 0.6) is 11.5 Å². The summed E-state index contributed by atoms with van der Waals surface area (Å²) >= 11 is 0. The van der Waals surface area contributed by atoms with E-state index in [4.69, 9.17) is 9.72 Å². The van der Waals surface area contributed by atoms with Crippen LogP contribution in [0, 0.1) is 6.33 Å². The number of imidazole rings is 1. The van der Waals surface area contributed by atoms with E-state index in [2.05, 4.69) is 172 Å². The number of hydrogen-bond donors (Lipinski definition) is 0. The van der Waals surface area contributed by atoms with E-state index in [9.17, 15) is 0 Å². The number of para-hydroxylation sites is 4. The molecule has 5 heteroatoms. The molecule has 0 aliphatic heterocycles. The molecule has 5 nitrogen and oxygen atoms in total. The smallest absolute Gasteiger partial charge is 0.269 e. The lowest BCUT2D eigenvalue weighted by Gasteiger charge is -2.11. The van der Waals surface area contributed by atoms with Gasteiger partial charge in [-0.05, 0) is 65.7 Å². The maximum absolute atomic E-state index is 6.64. The molecule has 0 fully saturated rings. The summed E-state index contributed by atoms with van der Waals surface area (Å²) < 4.78 is 13.1. The standard InChI is InChI=1S/C48H32N4O/c1-3-15-34(16-4-1)39-21-7-9-24-43(39)51-33-50(45-26-11-12-27-46(45)51)36-19-13-20-37(31-36)53-38-29-30-41-40-22-8-10-25-44(40)52(47(41)32-38)48-28-14-23-42(49-48)35-17-5-2-6-18-35/h1-32H. The Labute approximate surface area is 306 Å². The van der Waals surface area contributed by atoms with Gasteiger partial charge in [-0.1, -0.05) is 133 Å². The molecule has 0 spiro atoms. The number of nitrogens with zero attached hydrogens (tertiary/aromatic N) is 4. The van der Waals surface area contributed by atoms with Crippen molar-refractivity contribution in [1.82, 2.24) is 14.1 Å². The highest BCUT2D eigenvalue weighted by atomic mass is 16.5. The van der Waals surface area contributed by atoms with Crippen molar-refractivity contribution in [2.24, 2.45) is 0 Å². The van der Waals surface area contributed by atoms with Gasteiger partial charge in [-0.2, -0.15) is 0 Å². The minimum atomic E-state index is 0.733. The lowest BCUT2D eigenvalue weighted by molar-refractivity contribution is -0.571. The van der Waals surface area contributed by atoms with Crippen LogP contribution in [0.2, 0.25) is 0 Å². The second-order valence-electron chi connectivity index (χ2n) is 13.0. The van der Waals surface area contributed by atoms with Gasteiger partial charge in [0.1, 0.15) is 17.3 Å². The predicted octanol–water partition coefficient (Wildman–Crippen LogP) is 11.3. The van der Waals surface area contributed by atoms with Crippen molar-refractivity contribution in [3.63, 3.8) is 0 Å². The van der Waals surface area contributed by atoms with Crippen molar-refractivity contribution >= 4 is 32.8 Å². The van der Waals surface area contributed by atoms with Gasteiger partial charge in [0.2, 0.25) is 0 Å². The number of hydrogen-bond acceptors (Lipinski definition) is 2. The summed E-state index contributed by atoms with van der Waals surface area (Å²) in [6.07, 6.45) is 3.67. The van der Waals surface area contributed by atoms with Crippen LogP contribution in [0.3, 0.4) is 0 Å². The van der Waals surface area contributed by atoms with Gasteiger partial charge in [0, 0.05) is 22.4 Å². The topological polar surface area (TPSA) is 35.9 Å². The molecule has 0 aliphatic carbocycles. The zero-order valence-electron chi connectivity index (χ0n) is 28.7. The number of rotatable bonds is 7. The van der Waals surface area contributed by atoms with Crippen LogP contribution in [-0.4, -0.2) is 14.1 Å². The summed E-state index contributed by atoms with van der Waals surface area (Å²) in [6.45, 7) is 0. The normalized spacial score (nSPS) is 11.4. The van der Waals surface area contributed by atoms with Gasteiger partial charge >= 0.3 is 0 Å². The fourth-order valence-electron chi connectivity index (χ4n) is 7.36. The molecule has 10 rings (SSSR count). The Morgan fingerprint density at radius 2 is 1.17 bits per heavy atom. The van der Waals surface area contributed by atoms with Crippen LogP contribution in [0.15, 0.2) is 194 Å². The van der Waals surface area contributed by atoms with Crippen molar-refractivity contribution in [3.8, 4) is 51.1 Å². The lowest BCUT2D eigenvalue weighted by atomic mass is 10.0. The maximum Gasteiger partial charge on any atom is 0.269 e. The second-order valence-corrected chi connectivity index (χ2v) is 13.0. The van der Waals surface area contributed by atoms with Gasteiger partial charge in [0.05, 0.1) is 39.1 Å². The summed E-state index contributed by atoms with van der Waals surface area (Å²) in [7, 11) is 0. The van der Waals surface area contributed by atoms with Crippen molar-refractivity contribution in [2.75, 3.05) is 0 Å². The monoisotopic (exact) mass is 680 g/mol. The molecule has 0 saturated carbocycles. The van der Waals surface area contributed by atoms with Crippen LogP contribution in [0.4, 0.5) is 0 Å². The van der Waals surface area contributed by atoms with Gasteiger partial charge in [-0.3, -0.25) is 13.7 Å². The molecule has 0 atom stereocenters. The lowest BCUT2D eigenvalue weighted by Crippen LogP contribution is -2.30. The first-order chi connectivity index (χ1) is 26.3. The molecule has 3 aromatic heterocycles. The van der Waals surface area contributed by atoms with Gasteiger partial charge in [-0.25, -0.2) is 4.98 Å². The first-order valence-electron chi connectivity index (χ1n) is 17.7. The quantitative estimate of drug-likeness (QED) is 0.124. The largest absolute Gasteiger partial charge is 0.458 e. The van der Waals surface area contributed by atoms with Crippen molar-refractivity contribution < 1.29 is 9.30 Å². The van der Waals surface area contributed by atoms with Crippen LogP contribution < -0.4 is 9.30 Å². The van der Waals surface area contributed by atoms with Crippen LogP contribution in [-0.2, 0) is 0 Å². The molecule has 53 heavy (non-hydrogen) atoms. The molecule has 0 N–H and O–H groups in total. The predicted molar refractivity (Wildman–Crippen MR) is 213 cm³/mol. The number of aromatic nitrogens is 4. The van der Waals surface area contributed by atoms with Crippen LogP contribution in [0.1, 0.15) is 0 Å². The van der Waals surface area contributed by atoms with Crippen molar-refractivity contribution in [1.29, 1.82) is 0 Å². The fourth-order valence-corrected chi connectivity index (χ4v) is 7.36. The average molecular weight is 681 g/mol. The average Bonchev–Trinajstić information content (AvgIpc) is 3.78. The summed E-state index contributed by atoms with van der Waals surface area (Å²) in [5.74, 6) is 2.33. The molecule has 7 aromatic carbocycles. The Bertz CT molecular complexity index is 2930. The minimum absolute atomic E-state index is 0.733. The van der Waals surface area contributed by atoms with E-state index >= 15 is 0 Å². The molecule has 3 heterocycles. The van der Waals surface area contributed by atoms with Gasteiger partial charge in [0.15, 0.2) is 0 Å². The van der Waals surface area contributed by atoms with Gasteiger partial charge in [-0.15, -0.1) is 0 Å². The first-order valence-corrected chi connectivity index (χ1v) is 17.7. The molecule has 0 aliphatic rings. The van der Waals surface area contributed by atoms with E-state index in [0.717, 1.165) is 78.5 Å². The molecular formula is C48H32N4O. The molecule has 10 aromatic rings. The van der Waals surface area contributed by atoms with Gasteiger partial charge < -0.3 is 4.74 Å². The molecule has 0 bridgehead atoms. The van der Waals surface area contributed by atoms with Gasteiger partial charge in [0.25, 0.3) is 6.33 Å². The Hall–Kier alpha value is -7.24. The molecular weight excluding hydrogens is 649 g/mol. The minimum Gasteiger partial charge on any atom is -0.458 e. The zero-order valence-corrected chi connectivity index (χ0v) is 28.7. The highest BCUT2D eigenvalue weighted by Gasteiger charge is 2.17. The summed E-state index contributed by atoms with van der Waals surface area (Å²) in [5.41, 5.74) is 10.6. The first kappa shape index (κ1) is 30.6. The van der Waals surface area contributed by atoms with E-state index in [-0.39, 0.29) is 0 Å². The summed E-state index contributed by atoms with van der Waals surface area (Å²) in [4.78, 5) is 5.13. The number of benzene rings is 7. The van der Waals surface area contributed by atoms with Crippen molar-refractivity contribution in [3.05, 3.63) is 200 Å². The van der Waals surface area contributed by atoms with E-state index in [1.165, 1.54) is 5.39 Å². The number of ether oxygens (including phenoxy) is 1. The third kappa shape index (κ3) is 5.43. The van der Waals surface area contributed by atoms with E-state index in [0.29, 0.717) is 0 Å². The zero-order chi connectivity index (χ0) is 35.1. The van der Waals surface area contributed by atoms with Crippen molar-refractivity contribution in [2.45, 2.75) is 0 Å².